The Morgan fingerprint density at radius 2 is 1.57 bits per heavy atom. The van der Waals surface area contributed by atoms with Gasteiger partial charge in [0.15, 0.2) is 0 Å². The summed E-state index contributed by atoms with van der Waals surface area (Å²) < 4.78 is 5.80. The summed E-state index contributed by atoms with van der Waals surface area (Å²) in [6.45, 7) is 3.58. The predicted molar refractivity (Wildman–Crippen MR) is 144 cm³/mol. The summed E-state index contributed by atoms with van der Waals surface area (Å²) in [6.07, 6.45) is 5.05. The van der Waals surface area contributed by atoms with E-state index in [2.05, 4.69) is 10.6 Å². The van der Waals surface area contributed by atoms with E-state index in [9.17, 15) is 19.5 Å². The lowest BCUT2D eigenvalue weighted by Gasteiger charge is -2.13. The number of hydrogen-bond donors (Lipinski definition) is 3. The number of allylic oxidation sites excluding steroid dienone is 3. The molecular weight excluding hydrogens is 467 g/mol. The van der Waals surface area contributed by atoms with Gasteiger partial charge in [0.25, 0.3) is 11.8 Å². The van der Waals surface area contributed by atoms with Crippen LogP contribution >= 0.6 is 0 Å². The van der Waals surface area contributed by atoms with Crippen LogP contribution in [0, 0.1) is 0 Å². The maximum atomic E-state index is 13.2. The van der Waals surface area contributed by atoms with Crippen LogP contribution in [-0.4, -0.2) is 30.7 Å². The Bertz CT molecular complexity index is 1370. The van der Waals surface area contributed by atoms with Crippen molar-refractivity contribution in [1.82, 2.24) is 5.32 Å². The number of hydrogen-bond acceptors (Lipinski definition) is 4. The Hall–Kier alpha value is -4.85. The highest BCUT2D eigenvalue weighted by Crippen LogP contribution is 2.20. The van der Waals surface area contributed by atoms with Crippen molar-refractivity contribution in [2.45, 2.75) is 13.8 Å². The first-order chi connectivity index (χ1) is 17.8. The SMILES string of the molecule is [B]C(C)=C(C=CC)Oc1ccc(C=C(NC(=O)c2ccccc2)C(=O)Nc2ccccc2C(=O)O)cc1. The van der Waals surface area contributed by atoms with Gasteiger partial charge in [0, 0.05) is 5.56 Å². The highest BCUT2D eigenvalue weighted by atomic mass is 16.5. The van der Waals surface area contributed by atoms with Crippen molar-refractivity contribution in [1.29, 1.82) is 0 Å². The molecule has 37 heavy (non-hydrogen) atoms. The molecule has 0 aliphatic carbocycles. The van der Waals surface area contributed by atoms with E-state index in [0.29, 0.717) is 28.1 Å². The minimum absolute atomic E-state index is 0.0741. The standard InChI is InChI=1S/C29H25BN2O5/c1-3-9-26(19(2)30)37-22-16-14-20(15-17-22)18-25(32-27(33)21-10-5-4-6-11-21)28(34)31-24-13-8-7-12-23(24)29(35)36/h3-18H,1-2H3,(H,31,34)(H,32,33)(H,35,36). The van der Waals surface area contributed by atoms with Gasteiger partial charge in [-0.25, -0.2) is 4.79 Å². The van der Waals surface area contributed by atoms with Crippen molar-refractivity contribution in [2.75, 3.05) is 5.32 Å². The molecule has 0 atom stereocenters. The van der Waals surface area contributed by atoms with Crippen LogP contribution in [0.1, 0.15) is 40.1 Å². The van der Waals surface area contributed by atoms with Crippen LogP contribution in [0.25, 0.3) is 6.08 Å². The number of benzene rings is 3. The molecule has 7 nitrogen and oxygen atoms in total. The van der Waals surface area contributed by atoms with Crippen LogP contribution in [0.15, 0.2) is 108 Å². The second-order valence-electron chi connectivity index (χ2n) is 7.90. The van der Waals surface area contributed by atoms with Crippen LogP contribution in [0.4, 0.5) is 5.69 Å². The third-order valence-electron chi connectivity index (χ3n) is 5.06. The van der Waals surface area contributed by atoms with Gasteiger partial charge in [0.05, 0.1) is 11.3 Å². The van der Waals surface area contributed by atoms with Crippen molar-refractivity contribution in [3.05, 3.63) is 125 Å². The molecule has 3 aromatic carbocycles. The molecule has 0 spiro atoms. The molecule has 0 heterocycles. The van der Waals surface area contributed by atoms with Gasteiger partial charge in [0.2, 0.25) is 0 Å². The zero-order chi connectivity index (χ0) is 26.8. The zero-order valence-electron chi connectivity index (χ0n) is 20.4. The molecule has 3 aromatic rings. The Morgan fingerprint density at radius 3 is 2.19 bits per heavy atom. The minimum Gasteiger partial charge on any atom is -0.478 e. The van der Waals surface area contributed by atoms with Crippen molar-refractivity contribution in [3.8, 4) is 5.75 Å². The van der Waals surface area contributed by atoms with Crippen LogP contribution < -0.4 is 15.4 Å². The van der Waals surface area contributed by atoms with Gasteiger partial charge in [-0.3, -0.25) is 9.59 Å². The summed E-state index contributed by atoms with van der Waals surface area (Å²) in [5.74, 6) is -1.32. The van der Waals surface area contributed by atoms with E-state index in [0.717, 1.165) is 0 Å². The molecule has 0 bridgehead atoms. The van der Waals surface area contributed by atoms with E-state index in [1.807, 2.05) is 13.0 Å². The molecule has 8 heteroatoms. The lowest BCUT2D eigenvalue weighted by atomic mass is 9.96. The second kappa shape index (κ2) is 12.7. The van der Waals surface area contributed by atoms with Gasteiger partial charge in [0.1, 0.15) is 25.1 Å². The molecule has 0 unspecified atom stereocenters. The normalized spacial score (nSPS) is 12.0. The first-order valence-electron chi connectivity index (χ1n) is 11.4. The summed E-state index contributed by atoms with van der Waals surface area (Å²) in [6, 6.07) is 21.3. The number of rotatable bonds is 9. The maximum Gasteiger partial charge on any atom is 0.337 e. The number of para-hydroxylation sites is 1. The molecule has 0 saturated heterocycles. The summed E-state index contributed by atoms with van der Waals surface area (Å²) in [4.78, 5) is 37.5. The van der Waals surface area contributed by atoms with Crippen LogP contribution in [0.5, 0.6) is 5.75 Å². The van der Waals surface area contributed by atoms with Crippen molar-refractivity contribution in [2.24, 2.45) is 0 Å². The topological polar surface area (TPSA) is 105 Å². The fourth-order valence-electron chi connectivity index (χ4n) is 3.23. The summed E-state index contributed by atoms with van der Waals surface area (Å²) in [5.41, 5.74) is 1.42. The fraction of sp³-hybridized carbons (Fsp3) is 0.0690. The largest absolute Gasteiger partial charge is 0.478 e. The molecule has 3 rings (SSSR count). The smallest absolute Gasteiger partial charge is 0.337 e. The van der Waals surface area contributed by atoms with Gasteiger partial charge in [-0.1, -0.05) is 54.0 Å². The Labute approximate surface area is 216 Å². The second-order valence-corrected chi connectivity index (χ2v) is 7.90. The molecular formula is C29H25BN2O5. The highest BCUT2D eigenvalue weighted by molar-refractivity contribution is 6.21. The quantitative estimate of drug-likeness (QED) is 0.166. The predicted octanol–water partition coefficient (Wildman–Crippen LogP) is 5.15. The van der Waals surface area contributed by atoms with E-state index in [1.165, 1.54) is 18.2 Å². The lowest BCUT2D eigenvalue weighted by molar-refractivity contribution is -0.113. The van der Waals surface area contributed by atoms with Crippen LogP contribution in [0.3, 0.4) is 0 Å². The number of carboxylic acid groups (broad SMARTS) is 1. The number of ether oxygens (including phenoxy) is 1. The van der Waals surface area contributed by atoms with Gasteiger partial charge in [-0.05, 0) is 68.0 Å². The third-order valence-corrected chi connectivity index (χ3v) is 5.06. The maximum absolute atomic E-state index is 13.2. The molecule has 3 N–H and O–H groups in total. The number of anilines is 1. The van der Waals surface area contributed by atoms with Crippen LogP contribution in [-0.2, 0) is 4.79 Å². The van der Waals surface area contributed by atoms with Gasteiger partial charge in [-0.2, -0.15) is 0 Å². The summed E-state index contributed by atoms with van der Waals surface area (Å²) in [7, 11) is 5.86. The molecule has 0 aliphatic heterocycles. The van der Waals surface area contributed by atoms with Crippen molar-refractivity contribution >= 4 is 37.4 Å². The fourth-order valence-corrected chi connectivity index (χ4v) is 3.23. The van der Waals surface area contributed by atoms with E-state index in [1.54, 1.807) is 79.7 Å². The first-order valence-corrected chi connectivity index (χ1v) is 11.4. The average Bonchev–Trinajstić information content (AvgIpc) is 2.89. The molecule has 0 saturated carbocycles. The number of carbonyl (C=O) groups is 3. The number of carboxylic acids is 1. The average molecular weight is 492 g/mol. The third kappa shape index (κ3) is 7.57. The molecule has 0 aliphatic rings. The van der Waals surface area contributed by atoms with E-state index in [-0.39, 0.29) is 16.9 Å². The molecule has 2 amide bonds. The Morgan fingerprint density at radius 1 is 0.919 bits per heavy atom. The van der Waals surface area contributed by atoms with Gasteiger partial charge in [-0.15, -0.1) is 0 Å². The molecule has 0 aromatic heterocycles. The van der Waals surface area contributed by atoms with Crippen molar-refractivity contribution in [3.63, 3.8) is 0 Å². The molecule has 2 radical (unpaired) electrons. The Balaban J connectivity index is 1.91. The van der Waals surface area contributed by atoms with Crippen LogP contribution in [0.2, 0.25) is 0 Å². The number of nitrogens with one attached hydrogen (secondary N) is 2. The number of amides is 2. The highest BCUT2D eigenvalue weighted by Gasteiger charge is 2.18. The van der Waals surface area contributed by atoms with Gasteiger partial charge < -0.3 is 20.5 Å². The Kier molecular flexibility index (Phi) is 9.21. The van der Waals surface area contributed by atoms with Crippen molar-refractivity contribution < 1.29 is 24.2 Å². The zero-order valence-corrected chi connectivity index (χ0v) is 20.4. The number of carbonyl (C=O) groups excluding carboxylic acids is 2. The molecule has 184 valence electrons. The van der Waals surface area contributed by atoms with E-state index in [4.69, 9.17) is 12.6 Å². The monoisotopic (exact) mass is 492 g/mol. The summed E-state index contributed by atoms with van der Waals surface area (Å²) >= 11 is 0. The van der Waals surface area contributed by atoms with Gasteiger partial charge >= 0.3 is 5.97 Å². The first kappa shape index (κ1) is 26.8. The van der Waals surface area contributed by atoms with E-state index < -0.39 is 17.8 Å². The minimum atomic E-state index is -1.19. The summed E-state index contributed by atoms with van der Waals surface area (Å²) in [5, 5.41) is 14.6. The number of aromatic carboxylic acids is 1. The lowest BCUT2D eigenvalue weighted by Crippen LogP contribution is -2.31. The molecule has 0 fully saturated rings. The van der Waals surface area contributed by atoms with E-state index >= 15 is 0 Å².